The van der Waals surface area contributed by atoms with Crippen LogP contribution in [0.5, 0.6) is 0 Å². The van der Waals surface area contributed by atoms with E-state index in [1.165, 1.54) is 0 Å². The van der Waals surface area contributed by atoms with Crippen LogP contribution in [0.4, 0.5) is 0 Å². The molecule has 1 amide bonds. The second-order valence-electron chi connectivity index (χ2n) is 6.00. The van der Waals surface area contributed by atoms with Gasteiger partial charge in [0, 0.05) is 44.1 Å². The number of hydrogen-bond donors (Lipinski definition) is 3. The van der Waals surface area contributed by atoms with Gasteiger partial charge in [-0.05, 0) is 43.2 Å². The lowest BCUT2D eigenvalue weighted by atomic mass is 10.1. The first-order valence-corrected chi connectivity index (χ1v) is 9.23. The number of guanidine groups is 1. The molecule has 0 unspecified atom stereocenters. The summed E-state index contributed by atoms with van der Waals surface area (Å²) < 4.78 is 2.12. The number of aliphatic imine (C=N–C) groups is 1. The maximum Gasteiger partial charge on any atom is 0.251 e. The summed E-state index contributed by atoms with van der Waals surface area (Å²) in [7, 11) is 0. The van der Waals surface area contributed by atoms with E-state index in [0.29, 0.717) is 18.7 Å². The van der Waals surface area contributed by atoms with Crippen molar-refractivity contribution in [1.82, 2.24) is 20.5 Å². The SMILES string of the molecule is CCCNC(=O)c1cccc(CN=C(NCC)NCCn2cccc2)c1.I. The molecule has 0 saturated heterocycles. The summed E-state index contributed by atoms with van der Waals surface area (Å²) in [6.45, 7) is 7.77. The van der Waals surface area contributed by atoms with Crippen LogP contribution in [-0.4, -0.2) is 36.1 Å². The van der Waals surface area contributed by atoms with Crippen molar-refractivity contribution in [2.24, 2.45) is 4.99 Å². The van der Waals surface area contributed by atoms with Gasteiger partial charge in [0.25, 0.3) is 5.91 Å². The number of halogens is 1. The van der Waals surface area contributed by atoms with Crippen molar-refractivity contribution in [3.8, 4) is 0 Å². The summed E-state index contributed by atoms with van der Waals surface area (Å²) in [6, 6.07) is 11.7. The maximum atomic E-state index is 12.1. The first kappa shape index (κ1) is 23.0. The zero-order valence-corrected chi connectivity index (χ0v) is 18.4. The summed E-state index contributed by atoms with van der Waals surface area (Å²) >= 11 is 0. The van der Waals surface area contributed by atoms with Crippen LogP contribution in [0.15, 0.2) is 53.8 Å². The largest absolute Gasteiger partial charge is 0.357 e. The fraction of sp³-hybridized carbons (Fsp3) is 0.400. The van der Waals surface area contributed by atoms with Gasteiger partial charge in [0.1, 0.15) is 0 Å². The number of rotatable bonds is 9. The summed E-state index contributed by atoms with van der Waals surface area (Å²) in [5.41, 5.74) is 1.69. The standard InChI is InChI=1S/C20H29N5O.HI/c1-3-10-22-19(26)18-9-7-8-17(15-18)16-24-20(21-4-2)23-11-14-25-12-5-6-13-25;/h5-9,12-13,15H,3-4,10-11,14,16H2,1-2H3,(H,22,26)(H2,21,23,24);1H. The number of carbonyl (C=O) groups is 1. The third-order valence-electron chi connectivity index (χ3n) is 3.82. The lowest BCUT2D eigenvalue weighted by Gasteiger charge is -2.12. The average molecular weight is 483 g/mol. The molecule has 1 aromatic heterocycles. The van der Waals surface area contributed by atoms with Crippen molar-refractivity contribution in [3.63, 3.8) is 0 Å². The molecule has 7 heteroatoms. The maximum absolute atomic E-state index is 12.1. The molecule has 6 nitrogen and oxygen atoms in total. The molecule has 0 aliphatic carbocycles. The van der Waals surface area contributed by atoms with Crippen molar-refractivity contribution in [3.05, 3.63) is 59.9 Å². The van der Waals surface area contributed by atoms with E-state index in [1.54, 1.807) is 0 Å². The van der Waals surface area contributed by atoms with E-state index >= 15 is 0 Å². The van der Waals surface area contributed by atoms with E-state index in [9.17, 15) is 4.79 Å². The van der Waals surface area contributed by atoms with E-state index in [-0.39, 0.29) is 29.9 Å². The second kappa shape index (κ2) is 13.2. The van der Waals surface area contributed by atoms with E-state index in [2.05, 4.69) is 25.5 Å². The number of benzene rings is 1. The molecule has 0 aliphatic rings. The van der Waals surface area contributed by atoms with Gasteiger partial charge in [0.2, 0.25) is 0 Å². The van der Waals surface area contributed by atoms with Gasteiger partial charge in [-0.25, -0.2) is 4.99 Å². The Morgan fingerprint density at radius 3 is 2.52 bits per heavy atom. The van der Waals surface area contributed by atoms with Gasteiger partial charge in [-0.15, -0.1) is 24.0 Å². The van der Waals surface area contributed by atoms with E-state index < -0.39 is 0 Å². The molecule has 0 radical (unpaired) electrons. The Labute approximate surface area is 178 Å². The molecule has 1 aromatic carbocycles. The topological polar surface area (TPSA) is 70.4 Å². The van der Waals surface area contributed by atoms with Gasteiger partial charge in [-0.1, -0.05) is 19.1 Å². The van der Waals surface area contributed by atoms with Crippen molar-refractivity contribution >= 4 is 35.8 Å². The summed E-state index contributed by atoms with van der Waals surface area (Å²) in [6.07, 6.45) is 5.01. The van der Waals surface area contributed by atoms with Crippen LogP contribution in [-0.2, 0) is 13.1 Å². The smallest absolute Gasteiger partial charge is 0.251 e. The third kappa shape index (κ3) is 8.47. The molecule has 1 heterocycles. The number of carbonyl (C=O) groups excluding carboxylic acids is 1. The van der Waals surface area contributed by atoms with Crippen molar-refractivity contribution in [1.29, 1.82) is 0 Å². The van der Waals surface area contributed by atoms with Crippen LogP contribution >= 0.6 is 24.0 Å². The Kier molecular flexibility index (Phi) is 11.2. The van der Waals surface area contributed by atoms with Crippen LogP contribution in [0.2, 0.25) is 0 Å². The highest BCUT2D eigenvalue weighted by Crippen LogP contribution is 2.07. The molecule has 0 aliphatic heterocycles. The lowest BCUT2D eigenvalue weighted by Crippen LogP contribution is -2.38. The average Bonchev–Trinajstić information content (AvgIpc) is 3.18. The van der Waals surface area contributed by atoms with Gasteiger partial charge in [-0.3, -0.25) is 4.79 Å². The van der Waals surface area contributed by atoms with Crippen molar-refractivity contribution in [2.45, 2.75) is 33.4 Å². The first-order chi connectivity index (χ1) is 12.7. The number of hydrogen-bond acceptors (Lipinski definition) is 2. The molecule has 2 aromatic rings. The number of amides is 1. The van der Waals surface area contributed by atoms with Crippen molar-refractivity contribution in [2.75, 3.05) is 19.6 Å². The van der Waals surface area contributed by atoms with E-state index in [4.69, 9.17) is 0 Å². The zero-order valence-electron chi connectivity index (χ0n) is 16.1. The van der Waals surface area contributed by atoms with Crippen LogP contribution in [0.3, 0.4) is 0 Å². The zero-order chi connectivity index (χ0) is 18.6. The predicted octanol–water partition coefficient (Wildman–Crippen LogP) is 3.00. The van der Waals surface area contributed by atoms with Gasteiger partial charge in [0.05, 0.1) is 6.54 Å². The van der Waals surface area contributed by atoms with Gasteiger partial charge >= 0.3 is 0 Å². The number of nitrogens with zero attached hydrogens (tertiary/aromatic N) is 2. The third-order valence-corrected chi connectivity index (χ3v) is 3.82. The number of aromatic nitrogens is 1. The quantitative estimate of drug-likeness (QED) is 0.292. The predicted molar refractivity (Wildman–Crippen MR) is 122 cm³/mol. The molecule has 0 bridgehead atoms. The Bertz CT molecular complexity index is 700. The van der Waals surface area contributed by atoms with E-state index in [1.807, 2.05) is 62.6 Å². The summed E-state index contributed by atoms with van der Waals surface area (Å²) in [4.78, 5) is 16.7. The Hall–Kier alpha value is -2.03. The highest BCUT2D eigenvalue weighted by molar-refractivity contribution is 14.0. The lowest BCUT2D eigenvalue weighted by molar-refractivity contribution is 0.0953. The van der Waals surface area contributed by atoms with Gasteiger partial charge < -0.3 is 20.5 Å². The Morgan fingerprint density at radius 1 is 1.04 bits per heavy atom. The first-order valence-electron chi connectivity index (χ1n) is 9.23. The van der Waals surface area contributed by atoms with Crippen molar-refractivity contribution < 1.29 is 4.79 Å². The Balaban J connectivity index is 0.00000364. The molecular weight excluding hydrogens is 453 g/mol. The molecule has 27 heavy (non-hydrogen) atoms. The van der Waals surface area contributed by atoms with Crippen LogP contribution in [0.1, 0.15) is 36.2 Å². The molecule has 2 rings (SSSR count). The molecular formula is C20H30IN5O. The highest BCUT2D eigenvalue weighted by Gasteiger charge is 2.05. The second-order valence-corrected chi connectivity index (χ2v) is 6.00. The van der Waals surface area contributed by atoms with Crippen LogP contribution < -0.4 is 16.0 Å². The van der Waals surface area contributed by atoms with Gasteiger partial charge in [-0.2, -0.15) is 0 Å². The molecule has 0 fully saturated rings. The molecule has 0 saturated carbocycles. The minimum absolute atomic E-state index is 0. The highest BCUT2D eigenvalue weighted by atomic mass is 127. The fourth-order valence-electron chi connectivity index (χ4n) is 2.49. The van der Waals surface area contributed by atoms with Crippen LogP contribution in [0.25, 0.3) is 0 Å². The summed E-state index contributed by atoms with van der Waals surface area (Å²) in [5.74, 6) is 0.745. The monoisotopic (exact) mass is 483 g/mol. The normalized spacial score (nSPS) is 10.8. The molecule has 148 valence electrons. The fourth-order valence-corrected chi connectivity index (χ4v) is 2.49. The van der Waals surface area contributed by atoms with Gasteiger partial charge in [0.15, 0.2) is 5.96 Å². The van der Waals surface area contributed by atoms with Crippen LogP contribution in [0, 0.1) is 0 Å². The number of nitrogens with one attached hydrogen (secondary N) is 3. The minimum atomic E-state index is -0.0329. The summed E-state index contributed by atoms with van der Waals surface area (Å²) in [5, 5.41) is 9.48. The Morgan fingerprint density at radius 2 is 1.81 bits per heavy atom. The van der Waals surface area contributed by atoms with E-state index in [0.717, 1.165) is 37.6 Å². The molecule has 0 spiro atoms. The molecule has 3 N–H and O–H groups in total. The molecule has 0 atom stereocenters. The minimum Gasteiger partial charge on any atom is -0.357 e.